The van der Waals surface area contributed by atoms with E-state index in [1.54, 1.807) is 0 Å². The molecule has 0 rings (SSSR count). The molecule has 1 atom stereocenters. The Kier molecular flexibility index (Phi) is 22.8. The molecule has 0 saturated carbocycles. The van der Waals surface area contributed by atoms with Gasteiger partial charge in [0.15, 0.2) is 0 Å². The third-order valence-electron chi connectivity index (χ3n) is 5.75. The molecule has 0 aromatic rings. The smallest absolute Gasteiger partial charge is 0.285 e. The van der Waals surface area contributed by atoms with E-state index in [-0.39, 0.29) is 0 Å². The van der Waals surface area contributed by atoms with Gasteiger partial charge in [0, 0.05) is 11.2 Å². The summed E-state index contributed by atoms with van der Waals surface area (Å²) in [5.74, 6) is -0.539. The summed E-state index contributed by atoms with van der Waals surface area (Å²) in [5, 5.41) is 1.06. The molecule has 0 aliphatic carbocycles. The number of hydrogen-bond donors (Lipinski definition) is 0. The maximum atomic E-state index is 6.50. The highest BCUT2D eigenvalue weighted by molar-refractivity contribution is 9.09. The Balaban J connectivity index is 5.25. The summed E-state index contributed by atoms with van der Waals surface area (Å²) in [6, 6.07) is 0. The highest BCUT2D eigenvalue weighted by Gasteiger charge is 2.42. The van der Waals surface area contributed by atoms with Crippen molar-refractivity contribution < 1.29 is 14.2 Å². The largest absolute Gasteiger partial charge is 0.327 e. The molecule has 0 heterocycles. The molecule has 0 aromatic heterocycles. The third kappa shape index (κ3) is 15.2. The molecule has 0 radical (unpaired) electrons. The summed E-state index contributed by atoms with van der Waals surface area (Å²) in [4.78, 5) is 0. The van der Waals surface area contributed by atoms with Crippen LogP contribution in [0.1, 0.15) is 130 Å². The van der Waals surface area contributed by atoms with Gasteiger partial charge in [-0.05, 0) is 38.5 Å². The number of halogens is 1. The van der Waals surface area contributed by atoms with Crippen LogP contribution in [0, 0.1) is 5.92 Å². The van der Waals surface area contributed by atoms with E-state index in [0.717, 1.165) is 76.5 Å². The van der Waals surface area contributed by atoms with E-state index in [1.165, 1.54) is 51.4 Å². The van der Waals surface area contributed by atoms with Crippen LogP contribution >= 0.6 is 15.9 Å². The lowest BCUT2D eigenvalue weighted by Gasteiger charge is -2.40. The summed E-state index contributed by atoms with van der Waals surface area (Å²) >= 11 is 3.60. The lowest BCUT2D eigenvalue weighted by molar-refractivity contribution is -0.407. The maximum Gasteiger partial charge on any atom is 0.285 e. The minimum Gasteiger partial charge on any atom is -0.327 e. The zero-order valence-electron chi connectivity index (χ0n) is 20.8. The third-order valence-corrected chi connectivity index (χ3v) is 6.31. The molecule has 30 heavy (non-hydrogen) atoms. The van der Waals surface area contributed by atoms with Gasteiger partial charge in [-0.25, -0.2) is 0 Å². The minimum absolute atomic E-state index is 0.313. The van der Waals surface area contributed by atoms with E-state index >= 15 is 0 Å². The molecule has 0 aliphatic heterocycles. The summed E-state index contributed by atoms with van der Waals surface area (Å²) in [7, 11) is 0. The van der Waals surface area contributed by atoms with Gasteiger partial charge in [-0.2, -0.15) is 0 Å². The van der Waals surface area contributed by atoms with Crippen LogP contribution in [0.5, 0.6) is 0 Å². The van der Waals surface area contributed by atoms with Crippen molar-refractivity contribution in [2.75, 3.05) is 25.2 Å². The van der Waals surface area contributed by atoms with Gasteiger partial charge in [-0.15, -0.1) is 0 Å². The molecular formula is C26H53BrO3. The monoisotopic (exact) mass is 492 g/mol. The zero-order chi connectivity index (χ0) is 22.3. The molecule has 0 amide bonds. The van der Waals surface area contributed by atoms with Crippen LogP contribution in [0.2, 0.25) is 0 Å². The fourth-order valence-corrected chi connectivity index (χ4v) is 4.11. The molecule has 0 fully saturated rings. The predicted molar refractivity (Wildman–Crippen MR) is 134 cm³/mol. The van der Waals surface area contributed by atoms with E-state index in [2.05, 4.69) is 43.6 Å². The van der Waals surface area contributed by atoms with Gasteiger partial charge in [0.05, 0.1) is 19.8 Å². The topological polar surface area (TPSA) is 27.7 Å². The second-order valence-electron chi connectivity index (χ2n) is 8.65. The minimum atomic E-state index is -0.852. The van der Waals surface area contributed by atoms with Crippen LogP contribution in [0.15, 0.2) is 0 Å². The molecule has 182 valence electrons. The van der Waals surface area contributed by atoms with Crippen molar-refractivity contribution in [3.63, 3.8) is 0 Å². The first-order valence-corrected chi connectivity index (χ1v) is 14.3. The normalized spacial score (nSPS) is 13.1. The number of ether oxygens (including phenoxy) is 3. The average Bonchev–Trinajstić information content (AvgIpc) is 2.75. The van der Waals surface area contributed by atoms with Crippen LogP contribution in [0.25, 0.3) is 0 Å². The Morgan fingerprint density at radius 1 is 0.533 bits per heavy atom. The second-order valence-corrected chi connectivity index (χ2v) is 9.44. The standard InChI is InChI=1S/C26H53BrO3/c1-5-9-13-14-15-16-19-25(20-17-18-21-27)26(28-22-10-6-2,29-23-11-7-3)30-24-12-8-4/h25H,5-24H2,1-4H3. The summed E-state index contributed by atoms with van der Waals surface area (Å²) in [6.07, 6.45) is 19.1. The first kappa shape index (κ1) is 30.4. The molecule has 3 nitrogen and oxygen atoms in total. The van der Waals surface area contributed by atoms with Gasteiger partial charge in [0.1, 0.15) is 0 Å². The van der Waals surface area contributed by atoms with Crippen molar-refractivity contribution in [2.45, 2.75) is 136 Å². The van der Waals surface area contributed by atoms with E-state index < -0.39 is 5.97 Å². The van der Waals surface area contributed by atoms with Crippen molar-refractivity contribution in [3.8, 4) is 0 Å². The lowest BCUT2D eigenvalue weighted by atomic mass is 9.92. The molecular weight excluding hydrogens is 440 g/mol. The van der Waals surface area contributed by atoms with E-state index in [4.69, 9.17) is 14.2 Å². The Morgan fingerprint density at radius 2 is 0.933 bits per heavy atom. The quantitative estimate of drug-likeness (QED) is 0.0763. The van der Waals surface area contributed by atoms with E-state index in [9.17, 15) is 0 Å². The van der Waals surface area contributed by atoms with Crippen molar-refractivity contribution in [1.82, 2.24) is 0 Å². The molecule has 0 saturated heterocycles. The first-order chi connectivity index (χ1) is 14.7. The van der Waals surface area contributed by atoms with Gasteiger partial charge >= 0.3 is 0 Å². The molecule has 0 spiro atoms. The average molecular weight is 494 g/mol. The number of rotatable bonds is 24. The van der Waals surface area contributed by atoms with Crippen molar-refractivity contribution in [1.29, 1.82) is 0 Å². The highest BCUT2D eigenvalue weighted by Crippen LogP contribution is 2.35. The lowest BCUT2D eigenvalue weighted by Crippen LogP contribution is -2.47. The molecule has 0 aromatic carbocycles. The fraction of sp³-hybridized carbons (Fsp3) is 1.00. The molecule has 0 aliphatic rings. The summed E-state index contributed by atoms with van der Waals surface area (Å²) in [6.45, 7) is 11.1. The number of alkyl halides is 1. The summed E-state index contributed by atoms with van der Waals surface area (Å²) < 4.78 is 19.5. The van der Waals surface area contributed by atoms with Crippen molar-refractivity contribution in [2.24, 2.45) is 5.92 Å². The Morgan fingerprint density at radius 3 is 1.37 bits per heavy atom. The Labute approximate surface area is 197 Å². The molecule has 1 unspecified atom stereocenters. The Bertz CT molecular complexity index is 312. The zero-order valence-corrected chi connectivity index (χ0v) is 22.4. The van der Waals surface area contributed by atoms with E-state index in [0.29, 0.717) is 5.92 Å². The fourth-order valence-electron chi connectivity index (χ4n) is 3.71. The molecule has 0 bridgehead atoms. The second kappa shape index (κ2) is 22.6. The van der Waals surface area contributed by atoms with Gasteiger partial charge in [-0.3, -0.25) is 0 Å². The van der Waals surface area contributed by atoms with Crippen LogP contribution in [-0.4, -0.2) is 31.1 Å². The first-order valence-electron chi connectivity index (χ1n) is 13.2. The van der Waals surface area contributed by atoms with Gasteiger partial charge in [0.2, 0.25) is 0 Å². The van der Waals surface area contributed by atoms with Crippen molar-refractivity contribution in [3.05, 3.63) is 0 Å². The van der Waals surface area contributed by atoms with Gasteiger partial charge < -0.3 is 14.2 Å². The van der Waals surface area contributed by atoms with Crippen LogP contribution in [0.4, 0.5) is 0 Å². The number of unbranched alkanes of at least 4 members (excludes halogenated alkanes) is 9. The van der Waals surface area contributed by atoms with Crippen LogP contribution in [0.3, 0.4) is 0 Å². The van der Waals surface area contributed by atoms with Crippen molar-refractivity contribution >= 4 is 15.9 Å². The van der Waals surface area contributed by atoms with Gasteiger partial charge in [-0.1, -0.05) is 108 Å². The Hall–Kier alpha value is 0.360. The predicted octanol–water partition coefficient (Wildman–Crippen LogP) is 9.02. The van der Waals surface area contributed by atoms with Gasteiger partial charge in [0.25, 0.3) is 5.97 Å². The SMILES string of the molecule is CCCCCCCCC(CCCCBr)C(OCCCC)(OCCCC)OCCCC. The maximum absolute atomic E-state index is 6.50. The molecule has 4 heteroatoms. The highest BCUT2D eigenvalue weighted by atomic mass is 79.9. The van der Waals surface area contributed by atoms with Crippen LogP contribution in [-0.2, 0) is 14.2 Å². The summed E-state index contributed by atoms with van der Waals surface area (Å²) in [5.41, 5.74) is 0. The van der Waals surface area contributed by atoms with Crippen LogP contribution < -0.4 is 0 Å². The van der Waals surface area contributed by atoms with E-state index in [1.807, 2.05) is 0 Å². The number of hydrogen-bond acceptors (Lipinski definition) is 3. The molecule has 0 N–H and O–H groups in total.